The first-order chi connectivity index (χ1) is 18.2. The summed E-state index contributed by atoms with van der Waals surface area (Å²) in [5.74, 6) is 0.0173. The van der Waals surface area contributed by atoms with E-state index in [9.17, 15) is 4.79 Å². The van der Waals surface area contributed by atoms with Crippen molar-refractivity contribution in [3.63, 3.8) is 0 Å². The Morgan fingerprint density at radius 1 is 0.973 bits per heavy atom. The molecule has 1 atom stereocenters. The normalized spacial score (nSPS) is 15.1. The van der Waals surface area contributed by atoms with E-state index < -0.39 is 6.17 Å². The van der Waals surface area contributed by atoms with Crippen molar-refractivity contribution < 1.29 is 13.9 Å². The molecule has 0 spiro atoms. The third-order valence-electron chi connectivity index (χ3n) is 6.23. The van der Waals surface area contributed by atoms with Gasteiger partial charge in [0.2, 0.25) is 6.17 Å². The molecule has 2 N–H and O–H groups in total. The lowest BCUT2D eigenvalue weighted by atomic mass is 10.0. The largest absolute Gasteiger partial charge is 0.403 e. The average Bonchev–Trinajstić information content (AvgIpc) is 3.54. The van der Waals surface area contributed by atoms with Gasteiger partial charge in [-0.3, -0.25) is 4.79 Å². The number of carbonyl (C=O) groups is 1. The van der Waals surface area contributed by atoms with Crippen molar-refractivity contribution in [1.29, 1.82) is 0 Å². The van der Waals surface area contributed by atoms with E-state index in [0.717, 1.165) is 27.6 Å². The number of hydrogen-bond acceptors (Lipinski definition) is 7. The van der Waals surface area contributed by atoms with Gasteiger partial charge in [-0.15, -0.1) is 5.10 Å². The van der Waals surface area contributed by atoms with Crippen molar-refractivity contribution in [1.82, 2.24) is 14.8 Å². The Bertz CT molecular complexity index is 1600. The van der Waals surface area contributed by atoms with E-state index in [4.69, 9.17) is 14.1 Å². The van der Waals surface area contributed by atoms with Gasteiger partial charge in [-0.2, -0.15) is 0 Å². The Kier molecular flexibility index (Phi) is 5.95. The molecular formula is C28H24N6O3. The van der Waals surface area contributed by atoms with Crippen LogP contribution < -0.4 is 10.6 Å². The Labute approximate surface area is 212 Å². The van der Waals surface area contributed by atoms with E-state index >= 15 is 0 Å². The average molecular weight is 493 g/mol. The highest BCUT2D eigenvalue weighted by Crippen LogP contribution is 2.30. The first kappa shape index (κ1) is 22.7. The smallest absolute Gasteiger partial charge is 0.317 e. The molecule has 1 aliphatic rings. The molecule has 9 nitrogen and oxygen atoms in total. The van der Waals surface area contributed by atoms with Crippen LogP contribution in [-0.4, -0.2) is 46.3 Å². The second-order valence-electron chi connectivity index (χ2n) is 8.58. The van der Waals surface area contributed by atoms with Crippen LogP contribution in [0.15, 0.2) is 94.5 Å². The van der Waals surface area contributed by atoms with Crippen LogP contribution in [0.2, 0.25) is 0 Å². The molecule has 1 amide bonds. The van der Waals surface area contributed by atoms with E-state index in [0.29, 0.717) is 30.4 Å². The van der Waals surface area contributed by atoms with Crippen LogP contribution in [-0.2, 0) is 16.1 Å². The van der Waals surface area contributed by atoms with Gasteiger partial charge in [-0.25, -0.2) is 4.99 Å². The van der Waals surface area contributed by atoms with Crippen molar-refractivity contribution in [3.05, 3.63) is 96.2 Å². The molecule has 9 heteroatoms. The minimum absolute atomic E-state index is 0.101. The van der Waals surface area contributed by atoms with E-state index in [-0.39, 0.29) is 11.9 Å². The zero-order valence-electron chi connectivity index (χ0n) is 20.1. The summed E-state index contributed by atoms with van der Waals surface area (Å²) in [5.41, 5.74) is 4.88. The zero-order chi connectivity index (χ0) is 25.2. The van der Waals surface area contributed by atoms with Gasteiger partial charge < -0.3 is 24.4 Å². The predicted octanol–water partition coefficient (Wildman–Crippen LogP) is 4.57. The molecule has 0 saturated carbocycles. The first-order valence-corrected chi connectivity index (χ1v) is 11.9. The Hall–Kier alpha value is -4.76. The monoisotopic (exact) mass is 492 g/mol. The Balaban J connectivity index is 1.34. The summed E-state index contributed by atoms with van der Waals surface area (Å²) in [6.07, 6.45) is 1.04. The molecule has 0 radical (unpaired) electrons. The fourth-order valence-electron chi connectivity index (χ4n) is 4.50. The van der Waals surface area contributed by atoms with Gasteiger partial charge in [0, 0.05) is 36.4 Å². The van der Waals surface area contributed by atoms with Gasteiger partial charge in [-0.05, 0) is 18.2 Å². The second kappa shape index (κ2) is 9.71. The number of benzodiazepines with no additional fused rings is 1. The van der Waals surface area contributed by atoms with E-state index in [1.54, 1.807) is 7.11 Å². The number of fused-ring (bicyclic) bond motifs is 2. The summed E-state index contributed by atoms with van der Waals surface area (Å²) < 4.78 is 13.3. The van der Waals surface area contributed by atoms with Crippen molar-refractivity contribution in [2.75, 3.05) is 24.4 Å². The highest BCUT2D eigenvalue weighted by molar-refractivity contribution is 6.19. The van der Waals surface area contributed by atoms with Crippen LogP contribution >= 0.6 is 0 Å². The van der Waals surface area contributed by atoms with Gasteiger partial charge in [0.05, 0.1) is 29.1 Å². The van der Waals surface area contributed by atoms with Crippen molar-refractivity contribution >= 4 is 34.2 Å². The highest BCUT2D eigenvalue weighted by atomic mass is 16.5. The third-order valence-corrected chi connectivity index (χ3v) is 6.23. The Morgan fingerprint density at radius 2 is 1.78 bits per heavy atom. The molecule has 5 aromatic rings. The molecule has 0 aliphatic carbocycles. The maximum Gasteiger partial charge on any atom is 0.317 e. The molecule has 184 valence electrons. The summed E-state index contributed by atoms with van der Waals surface area (Å²) in [5, 5.41) is 15.5. The molecular weight excluding hydrogens is 468 g/mol. The topological polar surface area (TPSA) is 107 Å². The number of aliphatic imine (C=N–C) groups is 1. The summed E-state index contributed by atoms with van der Waals surface area (Å²) in [6, 6.07) is 25.4. The SMILES string of the molecule is COCCn1ccc2cccc(-c3nnc(N[C@H]4N=C(c5ccccc5)c5ccccc5NC4=O)o3)c21. The third kappa shape index (κ3) is 4.36. The number of para-hydroxylation sites is 2. The Morgan fingerprint density at radius 3 is 2.65 bits per heavy atom. The molecule has 37 heavy (non-hydrogen) atoms. The molecule has 0 unspecified atom stereocenters. The molecule has 6 rings (SSSR count). The summed E-state index contributed by atoms with van der Waals surface area (Å²) >= 11 is 0. The molecule has 3 aromatic carbocycles. The summed E-state index contributed by atoms with van der Waals surface area (Å²) in [7, 11) is 1.68. The van der Waals surface area contributed by atoms with Crippen molar-refractivity contribution in [2.24, 2.45) is 4.99 Å². The maximum absolute atomic E-state index is 13.1. The first-order valence-electron chi connectivity index (χ1n) is 11.9. The van der Waals surface area contributed by atoms with Crippen LogP contribution in [0.1, 0.15) is 11.1 Å². The number of hydrogen-bond donors (Lipinski definition) is 2. The van der Waals surface area contributed by atoms with Gasteiger partial charge in [0.25, 0.3) is 11.8 Å². The molecule has 0 fully saturated rings. The van der Waals surface area contributed by atoms with Gasteiger partial charge >= 0.3 is 6.01 Å². The lowest BCUT2D eigenvalue weighted by molar-refractivity contribution is -0.116. The molecule has 0 bridgehead atoms. The number of benzene rings is 3. The minimum atomic E-state index is -0.975. The predicted molar refractivity (Wildman–Crippen MR) is 142 cm³/mol. The van der Waals surface area contributed by atoms with Gasteiger partial charge in [0.15, 0.2) is 0 Å². The second-order valence-corrected chi connectivity index (χ2v) is 8.58. The lowest BCUT2D eigenvalue weighted by Crippen LogP contribution is -2.32. The molecule has 3 heterocycles. The van der Waals surface area contributed by atoms with E-state index in [2.05, 4.69) is 25.4 Å². The number of amides is 1. The van der Waals surface area contributed by atoms with Crippen LogP contribution in [0.5, 0.6) is 0 Å². The van der Waals surface area contributed by atoms with Gasteiger partial charge in [0.1, 0.15) is 0 Å². The summed E-state index contributed by atoms with van der Waals surface area (Å²) in [6.45, 7) is 1.27. The highest BCUT2D eigenvalue weighted by Gasteiger charge is 2.27. The number of ether oxygens (including phenoxy) is 1. The van der Waals surface area contributed by atoms with Crippen LogP contribution in [0.4, 0.5) is 11.7 Å². The van der Waals surface area contributed by atoms with Crippen LogP contribution in [0, 0.1) is 0 Å². The van der Waals surface area contributed by atoms with Crippen molar-refractivity contribution in [3.8, 4) is 11.5 Å². The van der Waals surface area contributed by atoms with Crippen LogP contribution in [0.3, 0.4) is 0 Å². The van der Waals surface area contributed by atoms with E-state index in [1.807, 2.05) is 85.1 Å². The molecule has 2 aromatic heterocycles. The lowest BCUT2D eigenvalue weighted by Gasteiger charge is -2.11. The van der Waals surface area contributed by atoms with Crippen molar-refractivity contribution in [2.45, 2.75) is 12.7 Å². The number of rotatable bonds is 7. The summed E-state index contributed by atoms with van der Waals surface area (Å²) in [4.78, 5) is 17.9. The number of aromatic nitrogens is 3. The standard InChI is InChI=1S/C28H24N6O3/c1-36-17-16-34-15-14-19-10-7-12-21(24(19)34)27-32-33-28(37-27)31-25-26(35)29-22-13-6-5-11-20(22)23(30-25)18-8-3-2-4-9-18/h2-15,25H,16-17H2,1H3,(H,29,35)(H,31,33)/t25-/m1/s1. The number of nitrogens with zero attached hydrogens (tertiary/aromatic N) is 4. The fraction of sp³-hybridized carbons (Fsp3) is 0.143. The number of methoxy groups -OCH3 is 1. The zero-order valence-corrected chi connectivity index (χ0v) is 20.1. The number of nitrogens with one attached hydrogen (secondary N) is 2. The number of carbonyl (C=O) groups excluding carboxylic acids is 1. The van der Waals surface area contributed by atoms with E-state index in [1.165, 1.54) is 0 Å². The maximum atomic E-state index is 13.1. The van der Waals surface area contributed by atoms with Crippen LogP contribution in [0.25, 0.3) is 22.4 Å². The molecule has 1 aliphatic heterocycles. The van der Waals surface area contributed by atoms with Gasteiger partial charge in [-0.1, -0.05) is 65.8 Å². The fourth-order valence-corrected chi connectivity index (χ4v) is 4.50. The number of anilines is 2. The minimum Gasteiger partial charge on any atom is -0.403 e. The quantitative estimate of drug-likeness (QED) is 0.345. The molecule has 0 saturated heterocycles.